The zero-order valence-electron chi connectivity index (χ0n) is 11.9. The van der Waals surface area contributed by atoms with E-state index in [0.29, 0.717) is 6.54 Å². The van der Waals surface area contributed by atoms with Gasteiger partial charge in [-0.25, -0.2) is 0 Å². The predicted octanol–water partition coefficient (Wildman–Crippen LogP) is 3.15. The molecule has 0 atom stereocenters. The third-order valence-corrected chi connectivity index (χ3v) is 3.08. The van der Waals surface area contributed by atoms with Gasteiger partial charge >= 0.3 is 0 Å². The Morgan fingerprint density at radius 2 is 2.05 bits per heavy atom. The molecule has 1 aromatic carbocycles. The Morgan fingerprint density at radius 3 is 2.62 bits per heavy atom. The van der Waals surface area contributed by atoms with Gasteiger partial charge in [-0.1, -0.05) is 28.9 Å². The van der Waals surface area contributed by atoms with Crippen LogP contribution in [-0.4, -0.2) is 30.1 Å². The van der Waals surface area contributed by atoms with Crippen LogP contribution in [0.4, 0.5) is 0 Å². The zero-order chi connectivity index (χ0) is 14.4. The van der Waals surface area contributed by atoms with Gasteiger partial charge in [0.1, 0.15) is 12.0 Å². The van der Waals surface area contributed by atoms with Gasteiger partial charge in [0.15, 0.2) is 5.96 Å². The molecule has 2 rings (SSSR count). The lowest BCUT2D eigenvalue weighted by atomic mass is 10.2. The molecule has 114 valence electrons. The minimum Gasteiger partial charge on any atom is -0.364 e. The topological polar surface area (TPSA) is 53.7 Å². The highest BCUT2D eigenvalue weighted by molar-refractivity contribution is 14.0. The molecule has 0 spiro atoms. The number of hydrogen-bond acceptors (Lipinski definition) is 3. The fourth-order valence-corrected chi connectivity index (χ4v) is 1.95. The van der Waals surface area contributed by atoms with Crippen LogP contribution in [0.1, 0.15) is 11.3 Å². The number of guanidine groups is 1. The number of rotatable bonds is 4. The molecule has 7 heteroatoms. The van der Waals surface area contributed by atoms with Crippen molar-refractivity contribution in [2.24, 2.45) is 4.99 Å². The summed E-state index contributed by atoms with van der Waals surface area (Å²) in [6.45, 7) is 1.32. The van der Waals surface area contributed by atoms with Crippen LogP contribution >= 0.6 is 35.6 Å². The summed E-state index contributed by atoms with van der Waals surface area (Å²) in [5, 5.41) is 7.82. The van der Waals surface area contributed by atoms with Crippen molar-refractivity contribution in [1.82, 2.24) is 15.4 Å². The average Bonchev–Trinajstić information content (AvgIpc) is 2.95. The van der Waals surface area contributed by atoms with Crippen molar-refractivity contribution in [1.29, 1.82) is 0 Å². The molecule has 2 aromatic rings. The van der Waals surface area contributed by atoms with Gasteiger partial charge in [0.25, 0.3) is 0 Å². The molecule has 1 aromatic heterocycles. The second-order valence-corrected chi connectivity index (χ2v) is 4.81. The van der Waals surface area contributed by atoms with E-state index in [-0.39, 0.29) is 24.0 Å². The summed E-state index contributed by atoms with van der Waals surface area (Å²) >= 11 is 5.88. The first-order valence-electron chi connectivity index (χ1n) is 6.24. The van der Waals surface area contributed by atoms with Crippen molar-refractivity contribution in [3.05, 3.63) is 52.9 Å². The molecular weight excluding hydrogens is 403 g/mol. The van der Waals surface area contributed by atoms with Gasteiger partial charge in [-0.05, 0) is 17.7 Å². The first-order valence-corrected chi connectivity index (χ1v) is 6.62. The molecule has 0 aliphatic heterocycles. The molecule has 0 unspecified atom stereocenters. The maximum absolute atomic E-state index is 5.88. The zero-order valence-corrected chi connectivity index (χ0v) is 15.0. The molecule has 1 N–H and O–H groups in total. The van der Waals surface area contributed by atoms with E-state index in [4.69, 9.17) is 16.1 Å². The molecule has 0 aliphatic carbocycles. The number of benzene rings is 1. The first-order chi connectivity index (χ1) is 9.69. The van der Waals surface area contributed by atoms with Crippen molar-refractivity contribution in [2.75, 3.05) is 14.1 Å². The number of halogens is 2. The standard InChI is InChI=1S/C14H17ClN4O.HI/c1-16-14(17-9-13-7-8-20-18-13)19(2)10-11-3-5-12(15)6-4-11;/h3-8H,9-10H2,1-2H3,(H,16,17);1H. The summed E-state index contributed by atoms with van der Waals surface area (Å²) in [7, 11) is 3.73. The first kappa shape index (κ1) is 17.8. The summed E-state index contributed by atoms with van der Waals surface area (Å²) < 4.78 is 4.79. The number of aliphatic imine (C=N–C) groups is 1. The summed E-state index contributed by atoms with van der Waals surface area (Å²) in [5.74, 6) is 0.794. The van der Waals surface area contributed by atoms with Crippen molar-refractivity contribution in [3.8, 4) is 0 Å². The van der Waals surface area contributed by atoms with Crippen LogP contribution in [-0.2, 0) is 13.1 Å². The third kappa shape index (κ3) is 5.55. The van der Waals surface area contributed by atoms with E-state index in [1.165, 1.54) is 5.56 Å². The average molecular weight is 421 g/mol. The van der Waals surface area contributed by atoms with E-state index in [1.54, 1.807) is 13.3 Å². The van der Waals surface area contributed by atoms with Gasteiger partial charge in [-0.15, -0.1) is 24.0 Å². The lowest BCUT2D eigenvalue weighted by molar-refractivity contribution is 0.409. The molecule has 0 bridgehead atoms. The highest BCUT2D eigenvalue weighted by atomic mass is 127. The van der Waals surface area contributed by atoms with Crippen LogP contribution in [0.2, 0.25) is 5.02 Å². The summed E-state index contributed by atoms with van der Waals surface area (Å²) in [5.41, 5.74) is 2.01. The molecule has 0 saturated carbocycles. The van der Waals surface area contributed by atoms with E-state index in [9.17, 15) is 0 Å². The monoisotopic (exact) mass is 420 g/mol. The molecule has 5 nitrogen and oxygen atoms in total. The molecule has 0 aliphatic rings. The van der Waals surface area contributed by atoms with Crippen LogP contribution in [0.5, 0.6) is 0 Å². The highest BCUT2D eigenvalue weighted by Crippen LogP contribution is 2.11. The Labute approximate surface area is 146 Å². The normalized spacial score (nSPS) is 10.9. The predicted molar refractivity (Wildman–Crippen MR) is 95.0 cm³/mol. The Kier molecular flexibility index (Phi) is 7.52. The summed E-state index contributed by atoms with van der Waals surface area (Å²) in [6, 6.07) is 9.60. The molecule has 0 radical (unpaired) electrons. The minimum absolute atomic E-state index is 0. The molecular formula is C14H18ClIN4O. The number of aromatic nitrogens is 1. The lowest BCUT2D eigenvalue weighted by Gasteiger charge is -2.21. The minimum atomic E-state index is 0. The quantitative estimate of drug-likeness (QED) is 0.469. The van der Waals surface area contributed by atoms with E-state index >= 15 is 0 Å². The summed E-state index contributed by atoms with van der Waals surface area (Å²) in [4.78, 5) is 6.28. The Hall–Kier alpha value is -1.28. The van der Waals surface area contributed by atoms with Crippen LogP contribution in [0.3, 0.4) is 0 Å². The van der Waals surface area contributed by atoms with Gasteiger partial charge < -0.3 is 14.7 Å². The lowest BCUT2D eigenvalue weighted by Crippen LogP contribution is -2.38. The molecule has 0 fully saturated rings. The van der Waals surface area contributed by atoms with Gasteiger partial charge in [0.2, 0.25) is 0 Å². The Morgan fingerprint density at radius 1 is 1.33 bits per heavy atom. The van der Waals surface area contributed by atoms with Crippen molar-refractivity contribution in [3.63, 3.8) is 0 Å². The van der Waals surface area contributed by atoms with Gasteiger partial charge in [-0.2, -0.15) is 0 Å². The van der Waals surface area contributed by atoms with Crippen LogP contribution in [0.25, 0.3) is 0 Å². The van der Waals surface area contributed by atoms with E-state index in [2.05, 4.69) is 15.5 Å². The van der Waals surface area contributed by atoms with Crippen molar-refractivity contribution in [2.45, 2.75) is 13.1 Å². The van der Waals surface area contributed by atoms with E-state index < -0.39 is 0 Å². The second kappa shape index (κ2) is 8.89. The van der Waals surface area contributed by atoms with Gasteiger partial charge in [0.05, 0.1) is 6.54 Å². The molecule has 21 heavy (non-hydrogen) atoms. The van der Waals surface area contributed by atoms with Crippen molar-refractivity contribution >= 4 is 41.5 Å². The number of nitrogens with zero attached hydrogens (tertiary/aromatic N) is 3. The highest BCUT2D eigenvalue weighted by Gasteiger charge is 2.07. The van der Waals surface area contributed by atoms with E-state index in [1.807, 2.05) is 42.3 Å². The maximum Gasteiger partial charge on any atom is 0.194 e. The number of nitrogens with one attached hydrogen (secondary N) is 1. The molecule has 0 amide bonds. The fraction of sp³-hybridized carbons (Fsp3) is 0.286. The van der Waals surface area contributed by atoms with Crippen LogP contribution < -0.4 is 5.32 Å². The summed E-state index contributed by atoms with van der Waals surface area (Å²) in [6.07, 6.45) is 1.55. The maximum atomic E-state index is 5.88. The third-order valence-electron chi connectivity index (χ3n) is 2.83. The largest absolute Gasteiger partial charge is 0.364 e. The van der Waals surface area contributed by atoms with Gasteiger partial charge in [-0.3, -0.25) is 4.99 Å². The fourth-order valence-electron chi connectivity index (χ4n) is 1.82. The Balaban J connectivity index is 0.00000220. The van der Waals surface area contributed by atoms with Crippen LogP contribution in [0.15, 0.2) is 46.1 Å². The Bertz CT molecular complexity index is 557. The smallest absolute Gasteiger partial charge is 0.194 e. The molecule has 1 heterocycles. The van der Waals surface area contributed by atoms with E-state index in [0.717, 1.165) is 23.2 Å². The van der Waals surface area contributed by atoms with Crippen LogP contribution in [0, 0.1) is 0 Å². The van der Waals surface area contributed by atoms with Gasteiger partial charge in [0, 0.05) is 31.7 Å². The second-order valence-electron chi connectivity index (χ2n) is 4.37. The molecule has 0 saturated heterocycles. The number of hydrogen-bond donors (Lipinski definition) is 1. The SMILES string of the molecule is CN=C(NCc1ccon1)N(C)Cc1ccc(Cl)cc1.I. The van der Waals surface area contributed by atoms with Crippen molar-refractivity contribution < 1.29 is 4.52 Å².